The first-order valence-electron chi connectivity index (χ1n) is 6.61. The van der Waals surface area contributed by atoms with Gasteiger partial charge in [-0.2, -0.15) is 4.98 Å². The molecule has 0 atom stereocenters. The molecule has 0 saturated heterocycles. The highest BCUT2D eigenvalue weighted by Crippen LogP contribution is 2.04. The Morgan fingerprint density at radius 2 is 2.00 bits per heavy atom. The van der Waals surface area contributed by atoms with Gasteiger partial charge in [0.2, 0.25) is 5.91 Å². The SMILES string of the molecule is Cc1cc(C)n(CC(=O)NC(C)(C)CN(C)C)c(=O)n1. The van der Waals surface area contributed by atoms with Crippen molar-refractivity contribution in [3.8, 4) is 0 Å². The van der Waals surface area contributed by atoms with Crippen LogP contribution >= 0.6 is 0 Å². The zero-order valence-electron chi connectivity index (χ0n) is 13.1. The summed E-state index contributed by atoms with van der Waals surface area (Å²) in [5.74, 6) is -0.187. The van der Waals surface area contributed by atoms with Crippen LogP contribution in [-0.4, -0.2) is 46.5 Å². The van der Waals surface area contributed by atoms with Gasteiger partial charge in [-0.1, -0.05) is 0 Å². The van der Waals surface area contributed by atoms with Crippen molar-refractivity contribution in [2.75, 3.05) is 20.6 Å². The lowest BCUT2D eigenvalue weighted by Crippen LogP contribution is -2.51. The van der Waals surface area contributed by atoms with Crippen LogP contribution < -0.4 is 11.0 Å². The molecule has 0 aliphatic carbocycles. The summed E-state index contributed by atoms with van der Waals surface area (Å²) < 4.78 is 1.38. The molecule has 6 heteroatoms. The van der Waals surface area contributed by atoms with E-state index in [4.69, 9.17) is 0 Å². The normalized spacial score (nSPS) is 11.8. The van der Waals surface area contributed by atoms with Crippen LogP contribution in [0.1, 0.15) is 25.2 Å². The third kappa shape index (κ3) is 4.77. The molecule has 0 saturated carbocycles. The lowest BCUT2D eigenvalue weighted by atomic mass is 10.1. The molecular formula is C14H24N4O2. The summed E-state index contributed by atoms with van der Waals surface area (Å²) in [5, 5.41) is 2.94. The number of carbonyl (C=O) groups is 1. The highest BCUT2D eigenvalue weighted by atomic mass is 16.2. The van der Waals surface area contributed by atoms with Crippen LogP contribution in [-0.2, 0) is 11.3 Å². The zero-order valence-corrected chi connectivity index (χ0v) is 13.1. The lowest BCUT2D eigenvalue weighted by molar-refractivity contribution is -0.123. The first-order valence-corrected chi connectivity index (χ1v) is 6.61. The van der Waals surface area contributed by atoms with E-state index in [1.807, 2.05) is 32.8 Å². The van der Waals surface area contributed by atoms with Gasteiger partial charge in [0.1, 0.15) is 6.54 Å². The summed E-state index contributed by atoms with van der Waals surface area (Å²) in [5.41, 5.74) is 0.666. The molecule has 1 rings (SSSR count). The molecule has 0 aliphatic heterocycles. The molecule has 0 aliphatic rings. The first kappa shape index (κ1) is 16.4. The van der Waals surface area contributed by atoms with E-state index in [0.29, 0.717) is 5.69 Å². The summed E-state index contributed by atoms with van der Waals surface area (Å²) in [7, 11) is 3.90. The molecule has 1 aromatic heterocycles. The quantitative estimate of drug-likeness (QED) is 0.843. The van der Waals surface area contributed by atoms with Gasteiger partial charge in [-0.25, -0.2) is 4.79 Å². The Kier molecular flexibility index (Phi) is 5.05. The molecule has 0 radical (unpaired) electrons. The smallest absolute Gasteiger partial charge is 0.348 e. The number of carbonyl (C=O) groups excluding carboxylic acids is 1. The van der Waals surface area contributed by atoms with Crippen LogP contribution in [0.15, 0.2) is 10.9 Å². The van der Waals surface area contributed by atoms with Crippen LogP contribution in [0.4, 0.5) is 0 Å². The van der Waals surface area contributed by atoms with Crippen LogP contribution in [0.25, 0.3) is 0 Å². The fraction of sp³-hybridized carbons (Fsp3) is 0.643. The van der Waals surface area contributed by atoms with E-state index in [2.05, 4.69) is 10.3 Å². The molecule has 0 spiro atoms. The molecule has 112 valence electrons. The summed E-state index contributed by atoms with van der Waals surface area (Å²) in [4.78, 5) is 29.7. The van der Waals surface area contributed by atoms with Crippen LogP contribution in [0.5, 0.6) is 0 Å². The van der Waals surface area contributed by atoms with E-state index >= 15 is 0 Å². The number of hydrogen-bond acceptors (Lipinski definition) is 4. The maximum absolute atomic E-state index is 12.1. The molecule has 20 heavy (non-hydrogen) atoms. The predicted molar refractivity (Wildman–Crippen MR) is 78.7 cm³/mol. The van der Waals surface area contributed by atoms with Gasteiger partial charge in [-0.15, -0.1) is 0 Å². The van der Waals surface area contributed by atoms with E-state index in [-0.39, 0.29) is 23.7 Å². The van der Waals surface area contributed by atoms with Gasteiger partial charge in [0.25, 0.3) is 0 Å². The maximum Gasteiger partial charge on any atom is 0.348 e. The second kappa shape index (κ2) is 6.17. The summed E-state index contributed by atoms with van der Waals surface area (Å²) in [6.45, 7) is 8.18. The Balaban J connectivity index is 2.80. The van der Waals surface area contributed by atoms with Crippen molar-refractivity contribution >= 4 is 5.91 Å². The fourth-order valence-corrected chi connectivity index (χ4v) is 2.36. The second-order valence-electron chi connectivity index (χ2n) is 6.08. The van der Waals surface area contributed by atoms with Crippen molar-refractivity contribution in [2.24, 2.45) is 0 Å². The third-order valence-corrected chi connectivity index (χ3v) is 2.84. The highest BCUT2D eigenvalue weighted by Gasteiger charge is 2.21. The molecule has 1 amide bonds. The van der Waals surface area contributed by atoms with Crippen molar-refractivity contribution in [2.45, 2.75) is 39.8 Å². The minimum Gasteiger partial charge on any atom is -0.348 e. The Labute approximate surface area is 119 Å². The van der Waals surface area contributed by atoms with Crippen molar-refractivity contribution in [1.82, 2.24) is 19.8 Å². The first-order chi connectivity index (χ1) is 9.10. The van der Waals surface area contributed by atoms with Gasteiger partial charge in [0.15, 0.2) is 0 Å². The molecule has 1 aromatic rings. The highest BCUT2D eigenvalue weighted by molar-refractivity contribution is 5.76. The van der Waals surface area contributed by atoms with E-state index in [1.54, 1.807) is 19.9 Å². The number of nitrogens with zero attached hydrogens (tertiary/aromatic N) is 3. The summed E-state index contributed by atoms with van der Waals surface area (Å²) in [6.07, 6.45) is 0. The lowest BCUT2D eigenvalue weighted by Gasteiger charge is -2.29. The van der Waals surface area contributed by atoms with Gasteiger partial charge in [0.05, 0.1) is 0 Å². The molecular weight excluding hydrogens is 256 g/mol. The van der Waals surface area contributed by atoms with Gasteiger partial charge in [-0.05, 0) is 47.9 Å². The Morgan fingerprint density at radius 1 is 1.40 bits per heavy atom. The van der Waals surface area contributed by atoms with Crippen molar-refractivity contribution < 1.29 is 4.79 Å². The number of amides is 1. The topological polar surface area (TPSA) is 67.2 Å². The molecule has 0 fully saturated rings. The molecule has 1 N–H and O–H groups in total. The van der Waals surface area contributed by atoms with E-state index in [9.17, 15) is 9.59 Å². The Bertz CT molecular complexity index is 547. The van der Waals surface area contributed by atoms with Crippen molar-refractivity contribution in [3.05, 3.63) is 27.9 Å². The largest absolute Gasteiger partial charge is 0.348 e. The minimum absolute atomic E-state index is 0.00515. The number of aryl methyl sites for hydroxylation is 2. The summed E-state index contributed by atoms with van der Waals surface area (Å²) in [6, 6.07) is 1.79. The number of hydrogen-bond donors (Lipinski definition) is 1. The monoisotopic (exact) mass is 280 g/mol. The minimum atomic E-state index is -0.386. The zero-order chi connectivity index (χ0) is 15.5. The van der Waals surface area contributed by atoms with Crippen LogP contribution in [0, 0.1) is 13.8 Å². The predicted octanol–water partition coefficient (Wildman–Crippen LogP) is 0.317. The van der Waals surface area contributed by atoms with Gasteiger partial charge in [-0.3, -0.25) is 9.36 Å². The fourth-order valence-electron chi connectivity index (χ4n) is 2.36. The Morgan fingerprint density at radius 3 is 2.50 bits per heavy atom. The van der Waals surface area contributed by atoms with Crippen LogP contribution in [0.2, 0.25) is 0 Å². The van der Waals surface area contributed by atoms with Crippen molar-refractivity contribution in [1.29, 1.82) is 0 Å². The number of nitrogens with one attached hydrogen (secondary N) is 1. The second-order valence-corrected chi connectivity index (χ2v) is 6.08. The Hall–Kier alpha value is -1.69. The summed E-state index contributed by atoms with van der Waals surface area (Å²) >= 11 is 0. The van der Waals surface area contributed by atoms with Crippen molar-refractivity contribution in [3.63, 3.8) is 0 Å². The van der Waals surface area contributed by atoms with E-state index in [1.165, 1.54) is 4.57 Å². The third-order valence-electron chi connectivity index (χ3n) is 2.84. The number of rotatable bonds is 5. The van der Waals surface area contributed by atoms with Crippen LogP contribution in [0.3, 0.4) is 0 Å². The molecule has 0 unspecified atom stereocenters. The van der Waals surface area contributed by atoms with E-state index in [0.717, 1.165) is 12.2 Å². The van der Waals surface area contributed by atoms with Gasteiger partial charge >= 0.3 is 5.69 Å². The molecule has 1 heterocycles. The molecule has 6 nitrogen and oxygen atoms in total. The van der Waals surface area contributed by atoms with E-state index < -0.39 is 0 Å². The average Bonchev–Trinajstić information content (AvgIpc) is 2.20. The van der Waals surface area contributed by atoms with Gasteiger partial charge < -0.3 is 10.2 Å². The standard InChI is InChI=1S/C14H24N4O2/c1-10-7-11(2)18(13(20)15-10)8-12(19)16-14(3,4)9-17(5)6/h7H,8-9H2,1-6H3,(H,16,19). The molecule has 0 bridgehead atoms. The number of aromatic nitrogens is 2. The number of likely N-dealkylation sites (N-methyl/N-ethyl adjacent to an activating group) is 1. The van der Waals surface area contributed by atoms with Gasteiger partial charge in [0, 0.05) is 23.5 Å². The maximum atomic E-state index is 12.1. The molecule has 0 aromatic carbocycles. The average molecular weight is 280 g/mol.